The Morgan fingerprint density at radius 2 is 2.00 bits per heavy atom. The van der Waals surface area contributed by atoms with E-state index in [1.807, 2.05) is 61.8 Å². The van der Waals surface area contributed by atoms with E-state index < -0.39 is 0 Å². The molecular weight excluding hydrogens is 296 g/mol. The van der Waals surface area contributed by atoms with Crippen molar-refractivity contribution in [1.82, 2.24) is 9.88 Å². The van der Waals surface area contributed by atoms with Gasteiger partial charge in [-0.15, -0.1) is 0 Å². The summed E-state index contributed by atoms with van der Waals surface area (Å²) in [7, 11) is 1.82. The molecule has 3 aromatic rings. The fourth-order valence-electron chi connectivity index (χ4n) is 2.57. The van der Waals surface area contributed by atoms with Crippen LogP contribution in [0.3, 0.4) is 0 Å². The lowest BCUT2D eigenvalue weighted by Crippen LogP contribution is -2.27. The van der Waals surface area contributed by atoms with Gasteiger partial charge in [0.15, 0.2) is 0 Å². The monoisotopic (exact) mass is 312 g/mol. The van der Waals surface area contributed by atoms with Crippen molar-refractivity contribution < 1.29 is 4.79 Å². The molecule has 0 aliphatic rings. The molecular formula is C18H17ClN2O. The third kappa shape index (κ3) is 3.15. The first-order valence-electron chi connectivity index (χ1n) is 7.17. The zero-order valence-electron chi connectivity index (χ0n) is 12.3. The number of nitrogens with one attached hydrogen (secondary N) is 1. The number of carbonyl (C=O) groups excluding carboxylic acids is 1. The van der Waals surface area contributed by atoms with Crippen molar-refractivity contribution in [2.75, 3.05) is 7.05 Å². The van der Waals surface area contributed by atoms with Crippen LogP contribution in [0.2, 0.25) is 5.02 Å². The third-order valence-corrected chi connectivity index (χ3v) is 3.99. The van der Waals surface area contributed by atoms with Crippen LogP contribution in [0, 0.1) is 0 Å². The number of benzene rings is 2. The van der Waals surface area contributed by atoms with E-state index in [2.05, 4.69) is 4.98 Å². The Labute approximate surface area is 134 Å². The van der Waals surface area contributed by atoms with Gasteiger partial charge >= 0.3 is 0 Å². The molecule has 0 radical (unpaired) electrons. The van der Waals surface area contributed by atoms with Gasteiger partial charge in [-0.25, -0.2) is 0 Å². The molecule has 3 nitrogen and oxygen atoms in total. The first-order valence-corrected chi connectivity index (χ1v) is 7.54. The molecule has 1 heterocycles. The van der Waals surface area contributed by atoms with E-state index in [9.17, 15) is 4.79 Å². The van der Waals surface area contributed by atoms with Crippen LogP contribution in [0.25, 0.3) is 10.9 Å². The van der Waals surface area contributed by atoms with Gasteiger partial charge in [-0.05, 0) is 29.3 Å². The number of aromatic amines is 1. The van der Waals surface area contributed by atoms with Crippen LogP contribution in [0.4, 0.5) is 0 Å². The van der Waals surface area contributed by atoms with Crippen molar-refractivity contribution in [3.63, 3.8) is 0 Å². The molecule has 3 rings (SSSR count). The lowest BCUT2D eigenvalue weighted by molar-refractivity contribution is -0.129. The molecule has 112 valence electrons. The number of hydrogen-bond donors (Lipinski definition) is 1. The number of fused-ring (bicyclic) bond motifs is 1. The zero-order chi connectivity index (χ0) is 15.5. The molecule has 1 amide bonds. The van der Waals surface area contributed by atoms with Crippen LogP contribution >= 0.6 is 11.6 Å². The molecule has 0 fully saturated rings. The minimum Gasteiger partial charge on any atom is -0.361 e. The highest BCUT2D eigenvalue weighted by Gasteiger charge is 2.13. The molecule has 0 aliphatic carbocycles. The molecule has 0 atom stereocenters. The summed E-state index contributed by atoms with van der Waals surface area (Å²) >= 11 is 5.98. The van der Waals surface area contributed by atoms with Gasteiger partial charge in [0.25, 0.3) is 0 Å². The number of likely N-dealkylation sites (N-methyl/N-ethyl adjacent to an activating group) is 1. The summed E-state index contributed by atoms with van der Waals surface area (Å²) in [5.41, 5.74) is 3.11. The summed E-state index contributed by atoms with van der Waals surface area (Å²) in [5, 5.41) is 1.79. The second-order valence-corrected chi connectivity index (χ2v) is 5.85. The van der Waals surface area contributed by atoms with Crippen molar-refractivity contribution in [3.8, 4) is 0 Å². The lowest BCUT2D eigenvalue weighted by atomic mass is 10.1. The van der Waals surface area contributed by atoms with Crippen molar-refractivity contribution in [2.24, 2.45) is 0 Å². The Morgan fingerprint density at radius 3 is 2.82 bits per heavy atom. The van der Waals surface area contributed by atoms with Crippen LogP contribution in [-0.4, -0.2) is 22.8 Å². The maximum absolute atomic E-state index is 12.4. The predicted molar refractivity (Wildman–Crippen MR) is 89.9 cm³/mol. The van der Waals surface area contributed by atoms with Crippen molar-refractivity contribution in [3.05, 3.63) is 70.9 Å². The summed E-state index contributed by atoms with van der Waals surface area (Å²) in [6, 6.07) is 15.6. The highest BCUT2D eigenvalue weighted by molar-refractivity contribution is 6.30. The Morgan fingerprint density at radius 1 is 1.18 bits per heavy atom. The van der Waals surface area contributed by atoms with E-state index >= 15 is 0 Å². The minimum absolute atomic E-state index is 0.0877. The second kappa shape index (κ2) is 6.24. The molecule has 0 aliphatic heterocycles. The molecule has 4 heteroatoms. The maximum atomic E-state index is 12.4. The van der Waals surface area contributed by atoms with Gasteiger partial charge in [0, 0.05) is 35.7 Å². The fourth-order valence-corrected chi connectivity index (χ4v) is 2.79. The van der Waals surface area contributed by atoms with Crippen molar-refractivity contribution in [2.45, 2.75) is 13.0 Å². The second-order valence-electron chi connectivity index (χ2n) is 5.42. The standard InChI is InChI=1S/C18H17ClN2O/c1-21(12-13-5-4-6-15(19)9-13)18(22)10-14-11-20-17-8-3-2-7-16(14)17/h2-9,11,20H,10,12H2,1H3. The molecule has 1 N–H and O–H groups in total. The Bertz CT molecular complexity index is 809. The first kappa shape index (κ1) is 14.7. The van der Waals surface area contributed by atoms with Crippen LogP contribution in [0.1, 0.15) is 11.1 Å². The highest BCUT2D eigenvalue weighted by atomic mass is 35.5. The van der Waals surface area contributed by atoms with Gasteiger partial charge in [-0.1, -0.05) is 41.9 Å². The molecule has 0 unspecified atom stereocenters. The number of para-hydroxylation sites is 1. The smallest absolute Gasteiger partial charge is 0.227 e. The molecule has 1 aromatic heterocycles. The molecule has 0 saturated carbocycles. The number of H-pyrrole nitrogens is 1. The first-order chi connectivity index (χ1) is 10.6. The lowest BCUT2D eigenvalue weighted by Gasteiger charge is -2.17. The molecule has 22 heavy (non-hydrogen) atoms. The van der Waals surface area contributed by atoms with Gasteiger partial charge in [0.05, 0.1) is 6.42 Å². The van der Waals surface area contributed by atoms with Gasteiger partial charge < -0.3 is 9.88 Å². The molecule has 0 spiro atoms. The largest absolute Gasteiger partial charge is 0.361 e. The van der Waals surface area contributed by atoms with Crippen molar-refractivity contribution in [1.29, 1.82) is 0 Å². The quantitative estimate of drug-likeness (QED) is 0.776. The summed E-state index contributed by atoms with van der Waals surface area (Å²) in [6.07, 6.45) is 2.30. The number of amides is 1. The Hall–Kier alpha value is -2.26. The SMILES string of the molecule is CN(Cc1cccc(Cl)c1)C(=O)Cc1c[nH]c2ccccc12. The number of carbonyl (C=O) groups is 1. The number of nitrogens with zero attached hydrogens (tertiary/aromatic N) is 1. The van der Waals surface area contributed by atoms with Crippen LogP contribution in [-0.2, 0) is 17.8 Å². The average molecular weight is 313 g/mol. The number of hydrogen-bond acceptors (Lipinski definition) is 1. The zero-order valence-corrected chi connectivity index (χ0v) is 13.1. The van der Waals surface area contributed by atoms with Gasteiger partial charge in [0.1, 0.15) is 0 Å². The predicted octanol–water partition coefficient (Wildman–Crippen LogP) is 4.02. The van der Waals surface area contributed by atoms with Crippen LogP contribution in [0.15, 0.2) is 54.7 Å². The van der Waals surface area contributed by atoms with Crippen LogP contribution in [0.5, 0.6) is 0 Å². The molecule has 0 saturated heterocycles. The van der Waals surface area contributed by atoms with E-state index in [1.165, 1.54) is 0 Å². The number of rotatable bonds is 4. The summed E-state index contributed by atoms with van der Waals surface area (Å²) < 4.78 is 0. The maximum Gasteiger partial charge on any atom is 0.227 e. The fraction of sp³-hybridized carbons (Fsp3) is 0.167. The Kier molecular flexibility index (Phi) is 4.16. The average Bonchev–Trinajstić information content (AvgIpc) is 2.90. The summed E-state index contributed by atoms with van der Waals surface area (Å²) in [6.45, 7) is 0.557. The van der Waals surface area contributed by atoms with Crippen molar-refractivity contribution >= 4 is 28.4 Å². The minimum atomic E-state index is 0.0877. The summed E-state index contributed by atoms with van der Waals surface area (Å²) in [5.74, 6) is 0.0877. The summed E-state index contributed by atoms with van der Waals surface area (Å²) in [4.78, 5) is 17.4. The van der Waals surface area contributed by atoms with E-state index in [1.54, 1.807) is 4.90 Å². The number of halogens is 1. The molecule has 2 aromatic carbocycles. The van der Waals surface area contributed by atoms with E-state index in [4.69, 9.17) is 11.6 Å². The number of aromatic nitrogens is 1. The van der Waals surface area contributed by atoms with Gasteiger partial charge in [-0.3, -0.25) is 4.79 Å². The molecule has 0 bridgehead atoms. The van der Waals surface area contributed by atoms with Crippen LogP contribution < -0.4 is 0 Å². The van der Waals surface area contributed by atoms with E-state index in [0.29, 0.717) is 18.0 Å². The Balaban J connectivity index is 1.71. The normalized spacial score (nSPS) is 10.8. The van der Waals surface area contributed by atoms with Gasteiger partial charge in [0.2, 0.25) is 5.91 Å². The highest BCUT2D eigenvalue weighted by Crippen LogP contribution is 2.19. The van der Waals surface area contributed by atoms with Gasteiger partial charge in [-0.2, -0.15) is 0 Å². The van der Waals surface area contributed by atoms with E-state index in [0.717, 1.165) is 22.0 Å². The van der Waals surface area contributed by atoms with E-state index in [-0.39, 0.29) is 5.91 Å². The topological polar surface area (TPSA) is 36.1 Å². The third-order valence-electron chi connectivity index (χ3n) is 3.75.